The Kier molecular flexibility index (Phi) is 6.01. The Morgan fingerprint density at radius 2 is 1.87 bits per heavy atom. The Morgan fingerprint density at radius 3 is 2.57 bits per heavy atom. The SMILES string of the molecule is CCc1ccc(NC(=O)CSc2nc3sc(C)cc3c(=O)n2-c2ccccc2)cc1. The molecule has 152 valence electrons. The van der Waals surface area contributed by atoms with E-state index in [2.05, 4.69) is 12.2 Å². The lowest BCUT2D eigenvalue weighted by Crippen LogP contribution is -2.22. The summed E-state index contributed by atoms with van der Waals surface area (Å²) in [4.78, 5) is 32.1. The van der Waals surface area contributed by atoms with Crippen molar-refractivity contribution in [1.29, 1.82) is 0 Å². The zero-order valence-corrected chi connectivity index (χ0v) is 18.3. The van der Waals surface area contributed by atoms with Crippen molar-refractivity contribution in [2.45, 2.75) is 25.4 Å². The van der Waals surface area contributed by atoms with E-state index in [-0.39, 0.29) is 17.2 Å². The number of fused-ring (bicyclic) bond motifs is 1. The number of carbonyl (C=O) groups is 1. The maximum atomic E-state index is 13.2. The summed E-state index contributed by atoms with van der Waals surface area (Å²) in [6.45, 7) is 4.05. The van der Waals surface area contributed by atoms with E-state index < -0.39 is 0 Å². The van der Waals surface area contributed by atoms with Gasteiger partial charge in [-0.15, -0.1) is 11.3 Å². The zero-order chi connectivity index (χ0) is 21.1. The van der Waals surface area contributed by atoms with E-state index in [9.17, 15) is 9.59 Å². The number of para-hydroxylation sites is 1. The maximum Gasteiger partial charge on any atom is 0.267 e. The molecule has 0 unspecified atom stereocenters. The summed E-state index contributed by atoms with van der Waals surface area (Å²) in [7, 11) is 0. The molecule has 5 nitrogen and oxygen atoms in total. The highest BCUT2D eigenvalue weighted by Crippen LogP contribution is 2.26. The monoisotopic (exact) mass is 435 g/mol. The van der Waals surface area contributed by atoms with Crippen LogP contribution in [0.25, 0.3) is 15.9 Å². The number of nitrogens with zero attached hydrogens (tertiary/aromatic N) is 2. The summed E-state index contributed by atoms with van der Waals surface area (Å²) in [6.07, 6.45) is 0.956. The molecule has 1 amide bonds. The van der Waals surface area contributed by atoms with Crippen LogP contribution in [-0.4, -0.2) is 21.2 Å². The third kappa shape index (κ3) is 4.32. The second kappa shape index (κ2) is 8.85. The quantitative estimate of drug-likeness (QED) is 0.340. The average Bonchev–Trinajstić information content (AvgIpc) is 3.14. The molecule has 0 aliphatic heterocycles. The minimum atomic E-state index is -0.138. The second-order valence-corrected chi connectivity index (χ2v) is 9.01. The highest BCUT2D eigenvalue weighted by atomic mass is 32.2. The number of nitrogens with one attached hydrogen (secondary N) is 1. The Bertz CT molecular complexity index is 1250. The molecular formula is C23H21N3O2S2. The molecular weight excluding hydrogens is 414 g/mol. The number of rotatable bonds is 6. The molecule has 0 bridgehead atoms. The fourth-order valence-corrected chi connectivity index (χ4v) is 4.87. The maximum absolute atomic E-state index is 13.2. The predicted molar refractivity (Wildman–Crippen MR) is 125 cm³/mol. The largest absolute Gasteiger partial charge is 0.325 e. The predicted octanol–water partition coefficient (Wildman–Crippen LogP) is 5.05. The smallest absolute Gasteiger partial charge is 0.267 e. The van der Waals surface area contributed by atoms with E-state index in [0.29, 0.717) is 15.4 Å². The molecule has 0 radical (unpaired) electrons. The first-order valence-electron chi connectivity index (χ1n) is 9.65. The Labute approximate surface area is 182 Å². The molecule has 2 aromatic heterocycles. The number of benzene rings is 2. The third-order valence-electron chi connectivity index (χ3n) is 4.65. The van der Waals surface area contributed by atoms with Crippen LogP contribution >= 0.6 is 23.1 Å². The van der Waals surface area contributed by atoms with Crippen LogP contribution in [0.3, 0.4) is 0 Å². The molecule has 1 N–H and O–H groups in total. The molecule has 0 atom stereocenters. The van der Waals surface area contributed by atoms with E-state index >= 15 is 0 Å². The Morgan fingerprint density at radius 1 is 1.13 bits per heavy atom. The summed E-state index contributed by atoms with van der Waals surface area (Å²) in [5.41, 5.74) is 2.60. The van der Waals surface area contributed by atoms with Gasteiger partial charge in [0, 0.05) is 10.6 Å². The van der Waals surface area contributed by atoms with E-state index in [4.69, 9.17) is 4.98 Å². The van der Waals surface area contributed by atoms with Crippen molar-refractivity contribution < 1.29 is 4.79 Å². The first-order valence-corrected chi connectivity index (χ1v) is 11.5. The Balaban J connectivity index is 1.61. The first kappa shape index (κ1) is 20.4. The standard InChI is InChI=1S/C23H21N3O2S2/c1-3-16-9-11-17(12-10-16)24-20(27)14-29-23-25-21-19(13-15(2)30-21)22(28)26(23)18-7-5-4-6-8-18/h4-13H,3,14H2,1-2H3,(H,24,27). The minimum absolute atomic E-state index is 0.117. The number of aryl methyl sites for hydroxylation is 2. The molecule has 0 saturated heterocycles. The van der Waals surface area contributed by atoms with E-state index in [1.165, 1.54) is 28.7 Å². The highest BCUT2D eigenvalue weighted by molar-refractivity contribution is 7.99. The molecule has 4 rings (SSSR count). The van der Waals surface area contributed by atoms with Gasteiger partial charge in [0.2, 0.25) is 5.91 Å². The summed E-state index contributed by atoms with van der Waals surface area (Å²) in [6, 6.07) is 19.1. The van der Waals surface area contributed by atoms with Gasteiger partial charge < -0.3 is 5.32 Å². The molecule has 7 heteroatoms. The van der Waals surface area contributed by atoms with E-state index in [1.807, 2.05) is 67.6 Å². The minimum Gasteiger partial charge on any atom is -0.325 e. The third-order valence-corrected chi connectivity index (χ3v) is 6.53. The van der Waals surface area contributed by atoms with Gasteiger partial charge in [0.1, 0.15) is 4.83 Å². The molecule has 2 aromatic carbocycles. The van der Waals surface area contributed by atoms with Gasteiger partial charge in [-0.05, 0) is 49.2 Å². The number of thioether (sulfide) groups is 1. The van der Waals surface area contributed by atoms with Crippen molar-refractivity contribution in [2.24, 2.45) is 0 Å². The van der Waals surface area contributed by atoms with Crippen LogP contribution in [0.2, 0.25) is 0 Å². The number of hydrogen-bond acceptors (Lipinski definition) is 5. The van der Waals surface area contributed by atoms with Crippen molar-refractivity contribution in [2.75, 3.05) is 11.1 Å². The van der Waals surface area contributed by atoms with Gasteiger partial charge in [-0.1, -0.05) is 49.0 Å². The van der Waals surface area contributed by atoms with Crippen molar-refractivity contribution in [1.82, 2.24) is 9.55 Å². The van der Waals surface area contributed by atoms with Crippen LogP contribution in [0.15, 0.2) is 70.6 Å². The summed E-state index contributed by atoms with van der Waals surface area (Å²) >= 11 is 2.75. The van der Waals surface area contributed by atoms with E-state index in [0.717, 1.165) is 22.7 Å². The first-order chi connectivity index (χ1) is 14.5. The number of anilines is 1. The molecule has 4 aromatic rings. The number of carbonyl (C=O) groups excluding carboxylic acids is 1. The number of amides is 1. The normalized spacial score (nSPS) is 11.0. The van der Waals surface area contributed by atoms with Crippen LogP contribution in [0.4, 0.5) is 5.69 Å². The van der Waals surface area contributed by atoms with E-state index in [1.54, 1.807) is 4.57 Å². The molecule has 0 aliphatic carbocycles. The summed E-state index contributed by atoms with van der Waals surface area (Å²) < 4.78 is 1.59. The van der Waals surface area contributed by atoms with Gasteiger partial charge in [0.15, 0.2) is 5.16 Å². The van der Waals surface area contributed by atoms with Crippen molar-refractivity contribution in [3.63, 3.8) is 0 Å². The lowest BCUT2D eigenvalue weighted by molar-refractivity contribution is -0.113. The van der Waals surface area contributed by atoms with Crippen LogP contribution in [0.1, 0.15) is 17.4 Å². The summed E-state index contributed by atoms with van der Waals surface area (Å²) in [5.74, 6) is 0.0190. The number of thiophene rings is 1. The van der Waals surface area contributed by atoms with Gasteiger partial charge in [0.05, 0.1) is 16.8 Å². The molecule has 2 heterocycles. The lowest BCUT2D eigenvalue weighted by Gasteiger charge is -2.12. The number of hydrogen-bond donors (Lipinski definition) is 1. The Hall–Kier alpha value is -2.90. The lowest BCUT2D eigenvalue weighted by atomic mass is 10.1. The van der Waals surface area contributed by atoms with Crippen LogP contribution in [0, 0.1) is 6.92 Å². The van der Waals surface area contributed by atoms with Crippen LogP contribution < -0.4 is 10.9 Å². The molecule has 0 aliphatic rings. The van der Waals surface area contributed by atoms with Crippen LogP contribution in [-0.2, 0) is 11.2 Å². The summed E-state index contributed by atoms with van der Waals surface area (Å²) in [5, 5.41) is 4.02. The van der Waals surface area contributed by atoms with Crippen molar-refractivity contribution in [3.8, 4) is 5.69 Å². The molecule has 0 fully saturated rings. The highest BCUT2D eigenvalue weighted by Gasteiger charge is 2.16. The average molecular weight is 436 g/mol. The van der Waals surface area contributed by atoms with Crippen LogP contribution in [0.5, 0.6) is 0 Å². The topological polar surface area (TPSA) is 64.0 Å². The van der Waals surface area contributed by atoms with Crippen molar-refractivity contribution in [3.05, 3.63) is 81.5 Å². The number of aromatic nitrogens is 2. The molecule has 0 saturated carbocycles. The molecule has 30 heavy (non-hydrogen) atoms. The van der Waals surface area contributed by atoms with Gasteiger partial charge in [-0.3, -0.25) is 14.2 Å². The van der Waals surface area contributed by atoms with Gasteiger partial charge in [0.25, 0.3) is 5.56 Å². The van der Waals surface area contributed by atoms with Gasteiger partial charge >= 0.3 is 0 Å². The second-order valence-electron chi connectivity index (χ2n) is 6.83. The fourth-order valence-electron chi connectivity index (χ4n) is 3.13. The van der Waals surface area contributed by atoms with Crippen molar-refractivity contribution >= 4 is 44.9 Å². The fraction of sp³-hybridized carbons (Fsp3) is 0.174. The zero-order valence-electron chi connectivity index (χ0n) is 16.7. The van der Waals surface area contributed by atoms with Gasteiger partial charge in [-0.2, -0.15) is 0 Å². The van der Waals surface area contributed by atoms with Gasteiger partial charge in [-0.25, -0.2) is 4.98 Å². The molecule has 0 spiro atoms.